The number of likely N-dealkylation sites (tertiary alicyclic amines) is 2. The first-order valence-electron chi connectivity index (χ1n) is 19.3. The van der Waals surface area contributed by atoms with Crippen LogP contribution in [0.3, 0.4) is 0 Å². The third-order valence-electron chi connectivity index (χ3n) is 11.8. The van der Waals surface area contributed by atoms with Crippen LogP contribution in [0.5, 0.6) is 0 Å². The fraction of sp³-hybridized carbons (Fsp3) is 0.395. The molecule has 2 aliphatic carbocycles. The summed E-state index contributed by atoms with van der Waals surface area (Å²) in [6.45, 7) is 8.10. The molecule has 12 nitrogen and oxygen atoms in total. The van der Waals surface area contributed by atoms with Crippen molar-refractivity contribution in [1.29, 1.82) is 5.26 Å². The van der Waals surface area contributed by atoms with Crippen molar-refractivity contribution in [3.8, 4) is 6.07 Å². The number of nitrogens with one attached hydrogen (secondary N) is 1. The van der Waals surface area contributed by atoms with Gasteiger partial charge in [-0.05, 0) is 91.3 Å². The Kier molecular flexibility index (Phi) is 8.96. The van der Waals surface area contributed by atoms with E-state index in [-0.39, 0.29) is 17.9 Å². The third-order valence-corrected chi connectivity index (χ3v) is 11.8. The number of carbonyl (C=O) groups is 1. The molecule has 4 atom stereocenters. The Bertz CT molecular complexity index is 2430. The Morgan fingerprint density at radius 3 is 2.55 bits per heavy atom. The topological polar surface area (TPSA) is 165 Å². The van der Waals surface area contributed by atoms with E-state index in [9.17, 15) is 20.3 Å². The Hall–Kier alpha value is -5.48. The molecule has 2 unspecified atom stereocenters. The van der Waals surface area contributed by atoms with E-state index in [4.69, 9.17) is 24.4 Å². The molecule has 55 heavy (non-hydrogen) atoms. The van der Waals surface area contributed by atoms with E-state index in [0.717, 1.165) is 65.0 Å². The van der Waals surface area contributed by atoms with E-state index in [1.54, 1.807) is 0 Å². The number of hydrogen-bond acceptors (Lipinski definition) is 11. The van der Waals surface area contributed by atoms with Crippen LogP contribution in [-0.4, -0.2) is 78.2 Å². The number of carboxylic acid groups (broad SMARTS) is 1. The van der Waals surface area contributed by atoms with Crippen LogP contribution in [0.1, 0.15) is 78.1 Å². The van der Waals surface area contributed by atoms with Gasteiger partial charge in [-0.1, -0.05) is 43.3 Å². The van der Waals surface area contributed by atoms with Gasteiger partial charge >= 0.3 is 5.97 Å². The van der Waals surface area contributed by atoms with E-state index >= 15 is 0 Å². The summed E-state index contributed by atoms with van der Waals surface area (Å²) in [6.07, 6.45) is 11.3. The largest absolute Gasteiger partial charge is 0.481 e. The van der Waals surface area contributed by atoms with Crippen LogP contribution in [-0.2, 0) is 23.4 Å². The summed E-state index contributed by atoms with van der Waals surface area (Å²) < 4.78 is 6.71. The molecule has 0 bridgehead atoms. The highest BCUT2D eigenvalue weighted by Crippen LogP contribution is 2.47. The molecule has 3 fully saturated rings. The number of hydrogen-bond donors (Lipinski definition) is 3. The van der Waals surface area contributed by atoms with Crippen molar-refractivity contribution < 1.29 is 19.4 Å². The SMILES string of the molecule is Cc1ccccc1C1=CC=CC(Nc2nc(C3CC3)nc3cc(CN4CC[C@@H](O)C4)cnc23)(c2nc3cc(CN4CC[C@@H](C(=O)O)C4)cc(C#N)c3o2)C1C. The van der Waals surface area contributed by atoms with Crippen LogP contribution in [0.25, 0.3) is 27.7 Å². The zero-order valence-corrected chi connectivity index (χ0v) is 31.1. The molecule has 9 rings (SSSR count). The molecule has 3 aromatic heterocycles. The smallest absolute Gasteiger partial charge is 0.307 e. The second kappa shape index (κ2) is 14.0. The van der Waals surface area contributed by atoms with Gasteiger partial charge in [0.15, 0.2) is 11.4 Å². The third kappa shape index (κ3) is 6.66. The van der Waals surface area contributed by atoms with Crippen LogP contribution in [0.2, 0.25) is 0 Å². The first-order chi connectivity index (χ1) is 26.7. The molecular weight excluding hydrogens is 693 g/mol. The summed E-state index contributed by atoms with van der Waals surface area (Å²) >= 11 is 0. The van der Waals surface area contributed by atoms with Crippen molar-refractivity contribution in [1.82, 2.24) is 29.7 Å². The van der Waals surface area contributed by atoms with Gasteiger partial charge in [0.25, 0.3) is 0 Å². The Balaban J connectivity index is 1.15. The Morgan fingerprint density at radius 2 is 1.80 bits per heavy atom. The molecule has 1 saturated carbocycles. The fourth-order valence-electron chi connectivity index (χ4n) is 8.58. The van der Waals surface area contributed by atoms with Gasteiger partial charge in [-0.15, -0.1) is 0 Å². The van der Waals surface area contributed by atoms with Gasteiger partial charge in [0.05, 0.1) is 23.1 Å². The van der Waals surface area contributed by atoms with Crippen molar-refractivity contribution in [2.24, 2.45) is 11.8 Å². The number of aliphatic carboxylic acids is 1. The van der Waals surface area contributed by atoms with Crippen LogP contribution < -0.4 is 5.32 Å². The maximum atomic E-state index is 11.6. The standard InChI is InChI=1S/C43H44N8O4/c1-25-6-3-4-7-33(25)34-8-5-13-43(26(34)2,42-47-36-17-27(16-31(19-44)38(36)55-42)21-50-14-11-30(23-50)41(53)54)49-40-37-35(46-39(48-40)29-9-10-29)18-28(20-45-37)22-51-15-12-32(52)24-51/h3-8,13,16-18,20,26,29-30,32,52H,9-12,14-15,21-24H2,1-2H3,(H,53,54)(H,46,48,49)/t26?,30-,32-,43?/m1/s1. The number of nitrogens with zero attached hydrogens (tertiary/aromatic N) is 7. The van der Waals surface area contributed by atoms with E-state index < -0.39 is 17.4 Å². The van der Waals surface area contributed by atoms with Crippen molar-refractivity contribution in [3.05, 3.63) is 106 Å². The number of aromatic nitrogens is 4. The van der Waals surface area contributed by atoms with Crippen LogP contribution in [0.4, 0.5) is 5.82 Å². The number of carboxylic acids is 1. The number of aliphatic hydroxyl groups is 1. The molecule has 0 spiro atoms. The number of β-amino-alcohol motifs (C(OH)–C–C–N with tert-alkyl or cyclic N) is 1. The van der Waals surface area contributed by atoms with E-state index in [1.807, 2.05) is 36.5 Å². The Morgan fingerprint density at radius 1 is 1.02 bits per heavy atom. The highest BCUT2D eigenvalue weighted by Gasteiger charge is 2.45. The number of anilines is 1. The molecule has 2 aromatic carbocycles. The highest BCUT2D eigenvalue weighted by atomic mass is 16.4. The summed E-state index contributed by atoms with van der Waals surface area (Å²) in [6, 6.07) is 16.5. The van der Waals surface area contributed by atoms with E-state index in [0.29, 0.717) is 73.0 Å². The maximum Gasteiger partial charge on any atom is 0.307 e. The second-order valence-electron chi connectivity index (χ2n) is 15.8. The van der Waals surface area contributed by atoms with E-state index in [1.165, 1.54) is 0 Å². The van der Waals surface area contributed by atoms with Crippen molar-refractivity contribution in [2.75, 3.05) is 31.5 Å². The van der Waals surface area contributed by atoms with Gasteiger partial charge in [-0.3, -0.25) is 19.6 Å². The van der Waals surface area contributed by atoms with Gasteiger partial charge < -0.3 is 19.9 Å². The first kappa shape index (κ1) is 35.2. The molecule has 4 aliphatic rings. The Labute approximate surface area is 319 Å². The number of benzene rings is 2. The molecule has 0 radical (unpaired) electrons. The van der Waals surface area contributed by atoms with Gasteiger partial charge in [0.2, 0.25) is 5.89 Å². The minimum absolute atomic E-state index is 0.218. The second-order valence-corrected chi connectivity index (χ2v) is 15.8. The zero-order chi connectivity index (χ0) is 37.8. The molecule has 2 aliphatic heterocycles. The van der Waals surface area contributed by atoms with Crippen molar-refractivity contribution in [3.63, 3.8) is 0 Å². The number of allylic oxidation sites excluding steroid dienone is 2. The maximum absolute atomic E-state index is 11.6. The lowest BCUT2D eigenvalue weighted by atomic mass is 9.73. The number of aryl methyl sites for hydroxylation is 1. The lowest BCUT2D eigenvalue weighted by Crippen LogP contribution is -2.42. The number of nitriles is 1. The summed E-state index contributed by atoms with van der Waals surface area (Å²) in [5, 5.41) is 33.9. The monoisotopic (exact) mass is 736 g/mol. The summed E-state index contributed by atoms with van der Waals surface area (Å²) in [5.74, 6) is 0.661. The lowest BCUT2D eigenvalue weighted by molar-refractivity contribution is -0.141. The summed E-state index contributed by atoms with van der Waals surface area (Å²) in [4.78, 5) is 36.3. The molecule has 2 saturated heterocycles. The predicted octanol–water partition coefficient (Wildman–Crippen LogP) is 6.29. The molecule has 280 valence electrons. The number of fused-ring (bicyclic) bond motifs is 2. The lowest BCUT2D eigenvalue weighted by Gasteiger charge is -2.39. The molecule has 0 amide bonds. The van der Waals surface area contributed by atoms with Crippen molar-refractivity contribution >= 4 is 39.5 Å². The van der Waals surface area contributed by atoms with Gasteiger partial charge in [-0.2, -0.15) is 5.26 Å². The minimum atomic E-state index is -1.05. The molecular formula is C43H44N8O4. The molecule has 12 heteroatoms. The first-order valence-corrected chi connectivity index (χ1v) is 19.3. The fourth-order valence-corrected chi connectivity index (χ4v) is 8.58. The van der Waals surface area contributed by atoms with Gasteiger partial charge in [-0.25, -0.2) is 15.0 Å². The number of oxazole rings is 1. The van der Waals surface area contributed by atoms with Crippen molar-refractivity contribution in [2.45, 2.75) is 70.2 Å². The molecule has 5 aromatic rings. The number of rotatable bonds is 10. The van der Waals surface area contributed by atoms with Crippen LogP contribution >= 0.6 is 0 Å². The quantitative estimate of drug-likeness (QED) is 0.147. The summed E-state index contributed by atoms with van der Waals surface area (Å²) in [7, 11) is 0. The minimum Gasteiger partial charge on any atom is -0.481 e. The molecule has 5 heterocycles. The number of pyridine rings is 1. The van der Waals surface area contributed by atoms with Crippen LogP contribution in [0, 0.1) is 30.1 Å². The van der Waals surface area contributed by atoms with Crippen LogP contribution in [0.15, 0.2) is 71.3 Å². The average molecular weight is 737 g/mol. The predicted molar refractivity (Wildman–Crippen MR) is 208 cm³/mol. The van der Waals surface area contributed by atoms with Gasteiger partial charge in [0.1, 0.15) is 28.5 Å². The van der Waals surface area contributed by atoms with Gasteiger partial charge in [0, 0.05) is 50.8 Å². The molecule has 3 N–H and O–H groups in total. The summed E-state index contributed by atoms with van der Waals surface area (Å²) in [5.41, 5.74) is 6.97. The highest BCUT2D eigenvalue weighted by molar-refractivity contribution is 5.87. The number of aliphatic hydroxyl groups excluding tert-OH is 1. The zero-order valence-electron chi connectivity index (χ0n) is 31.1. The van der Waals surface area contributed by atoms with E-state index in [2.05, 4.69) is 65.4 Å². The normalized spacial score (nSPS) is 24.4. The average Bonchev–Trinajstić information content (AvgIpc) is 3.53.